The Labute approximate surface area is 193 Å². The van der Waals surface area contributed by atoms with Gasteiger partial charge in [0.25, 0.3) is 5.91 Å². The Morgan fingerprint density at radius 1 is 1.18 bits per heavy atom. The molecule has 1 amide bonds. The maximum atomic E-state index is 13.4. The summed E-state index contributed by atoms with van der Waals surface area (Å²) in [4.78, 5) is 16.8. The average Bonchev–Trinajstić information content (AvgIpc) is 3.37. The highest BCUT2D eigenvalue weighted by Crippen LogP contribution is 2.31. The highest BCUT2D eigenvalue weighted by atomic mass is 32.2. The minimum Gasteiger partial charge on any atom is -0.495 e. The van der Waals surface area contributed by atoms with Gasteiger partial charge in [-0.2, -0.15) is 9.40 Å². The lowest BCUT2D eigenvalue weighted by Gasteiger charge is -2.32. The lowest BCUT2D eigenvalue weighted by Crippen LogP contribution is -2.42. The molecule has 0 saturated carbocycles. The molecule has 0 spiro atoms. The molecule has 1 fully saturated rings. The summed E-state index contributed by atoms with van der Waals surface area (Å²) >= 11 is 0. The van der Waals surface area contributed by atoms with Gasteiger partial charge in [0.2, 0.25) is 10.0 Å². The summed E-state index contributed by atoms with van der Waals surface area (Å²) in [5, 5.41) is 6.93. The van der Waals surface area contributed by atoms with Crippen molar-refractivity contribution in [2.75, 3.05) is 13.7 Å². The molecule has 1 atom stereocenters. The number of aromatic nitrogens is 3. The van der Waals surface area contributed by atoms with Crippen LogP contribution in [0.15, 0.2) is 60.0 Å². The zero-order valence-corrected chi connectivity index (χ0v) is 19.5. The summed E-state index contributed by atoms with van der Waals surface area (Å²) in [5.74, 6) is -0.130. The zero-order valence-electron chi connectivity index (χ0n) is 18.6. The Hall–Kier alpha value is -3.24. The van der Waals surface area contributed by atoms with E-state index in [0.717, 1.165) is 30.5 Å². The van der Waals surface area contributed by atoms with Gasteiger partial charge in [0.1, 0.15) is 23.3 Å². The molecule has 1 unspecified atom stereocenters. The van der Waals surface area contributed by atoms with E-state index in [1.807, 2.05) is 31.2 Å². The van der Waals surface area contributed by atoms with Gasteiger partial charge >= 0.3 is 0 Å². The number of ether oxygens (including phenoxy) is 1. The maximum Gasteiger partial charge on any atom is 0.251 e. The molecule has 0 aliphatic carbocycles. The number of piperidine rings is 1. The van der Waals surface area contributed by atoms with E-state index >= 15 is 0 Å². The molecule has 10 heteroatoms. The Morgan fingerprint density at radius 2 is 1.97 bits per heavy atom. The number of hydrogen-bond acceptors (Lipinski definition) is 6. The van der Waals surface area contributed by atoms with Gasteiger partial charge in [-0.05, 0) is 55.7 Å². The van der Waals surface area contributed by atoms with Crippen molar-refractivity contribution in [2.24, 2.45) is 0 Å². The number of methoxy groups -OCH3 is 1. The molecule has 1 N–H and O–H groups in total. The third-order valence-corrected chi connectivity index (χ3v) is 7.86. The molecule has 1 aromatic heterocycles. The Morgan fingerprint density at radius 3 is 2.64 bits per heavy atom. The molecule has 2 heterocycles. The predicted octanol–water partition coefficient (Wildman–Crippen LogP) is 2.77. The third-order valence-electron chi connectivity index (χ3n) is 5.83. The number of nitrogens with one attached hydrogen (secondary N) is 1. The minimum atomic E-state index is -3.79. The molecule has 9 nitrogen and oxygen atoms in total. The van der Waals surface area contributed by atoms with Gasteiger partial charge in [0, 0.05) is 24.7 Å². The van der Waals surface area contributed by atoms with Crippen molar-refractivity contribution < 1.29 is 17.9 Å². The lowest BCUT2D eigenvalue weighted by molar-refractivity contribution is 0.0950. The molecule has 1 aliphatic rings. The number of carbonyl (C=O) groups excluding carboxylic acids is 1. The number of sulfonamides is 1. The smallest absolute Gasteiger partial charge is 0.251 e. The first-order valence-corrected chi connectivity index (χ1v) is 12.3. The first-order valence-electron chi connectivity index (χ1n) is 10.8. The van der Waals surface area contributed by atoms with Crippen molar-refractivity contribution in [3.63, 3.8) is 0 Å². The summed E-state index contributed by atoms with van der Waals surface area (Å²) < 4.78 is 35.2. The van der Waals surface area contributed by atoms with Gasteiger partial charge < -0.3 is 10.1 Å². The van der Waals surface area contributed by atoms with Crippen molar-refractivity contribution in [2.45, 2.75) is 43.7 Å². The topological polar surface area (TPSA) is 106 Å². The number of hydrogen-bond donors (Lipinski definition) is 1. The SMILES string of the molecule is COc1ccc(C(=O)NCc2ccc(-n3cncn3)cc2)cc1S(=O)(=O)N1CCCCC1C. The van der Waals surface area contributed by atoms with E-state index in [4.69, 9.17) is 4.74 Å². The van der Waals surface area contributed by atoms with Crippen molar-refractivity contribution in [1.29, 1.82) is 0 Å². The Kier molecular flexibility index (Phi) is 6.75. The molecule has 33 heavy (non-hydrogen) atoms. The van der Waals surface area contributed by atoms with E-state index in [9.17, 15) is 13.2 Å². The van der Waals surface area contributed by atoms with Crippen LogP contribution in [0.3, 0.4) is 0 Å². The summed E-state index contributed by atoms with van der Waals surface area (Å²) in [6.45, 7) is 2.68. The largest absolute Gasteiger partial charge is 0.495 e. The monoisotopic (exact) mass is 469 g/mol. The van der Waals surface area contributed by atoms with E-state index in [0.29, 0.717) is 13.1 Å². The fourth-order valence-corrected chi connectivity index (χ4v) is 5.85. The van der Waals surface area contributed by atoms with Crippen LogP contribution in [0.2, 0.25) is 0 Å². The number of rotatable bonds is 7. The molecule has 0 radical (unpaired) electrons. The van der Waals surface area contributed by atoms with Crippen molar-refractivity contribution in [3.8, 4) is 11.4 Å². The molecule has 1 aliphatic heterocycles. The molecule has 0 bridgehead atoms. The first-order chi connectivity index (χ1) is 15.9. The van der Waals surface area contributed by atoms with Gasteiger partial charge in [-0.15, -0.1) is 0 Å². The first kappa shape index (κ1) is 22.9. The minimum absolute atomic E-state index is 0.0172. The van der Waals surface area contributed by atoms with Crippen molar-refractivity contribution >= 4 is 15.9 Å². The maximum absolute atomic E-state index is 13.4. The molecular weight excluding hydrogens is 442 g/mol. The number of amides is 1. The van der Waals surface area contributed by atoms with E-state index in [1.54, 1.807) is 17.1 Å². The van der Waals surface area contributed by atoms with Crippen LogP contribution in [0.25, 0.3) is 5.69 Å². The molecule has 1 saturated heterocycles. The average molecular weight is 470 g/mol. The van der Waals surface area contributed by atoms with Gasteiger partial charge in [-0.3, -0.25) is 4.79 Å². The fourth-order valence-electron chi connectivity index (χ4n) is 3.97. The van der Waals surface area contributed by atoms with Gasteiger partial charge in [0.05, 0.1) is 12.8 Å². The van der Waals surface area contributed by atoms with Gasteiger partial charge in [0.15, 0.2) is 0 Å². The normalized spacial score (nSPS) is 17.0. The second kappa shape index (κ2) is 9.72. The highest BCUT2D eigenvalue weighted by Gasteiger charge is 2.33. The Bertz CT molecular complexity index is 1210. The fraction of sp³-hybridized carbons (Fsp3) is 0.348. The van der Waals surface area contributed by atoms with Crippen LogP contribution < -0.4 is 10.1 Å². The molecule has 4 rings (SSSR count). The molecule has 174 valence electrons. The number of carbonyl (C=O) groups is 1. The molecule has 3 aromatic rings. The van der Waals surface area contributed by atoms with Crippen LogP contribution in [0, 0.1) is 0 Å². The van der Waals surface area contributed by atoms with Crippen LogP contribution in [-0.4, -0.2) is 53.1 Å². The van der Waals surface area contributed by atoms with E-state index in [2.05, 4.69) is 15.4 Å². The zero-order chi connectivity index (χ0) is 23.4. The molecular formula is C23H27N5O4S. The van der Waals surface area contributed by atoms with E-state index < -0.39 is 10.0 Å². The summed E-state index contributed by atoms with van der Waals surface area (Å²) in [6, 6.07) is 12.0. The summed E-state index contributed by atoms with van der Waals surface area (Å²) in [5.41, 5.74) is 2.02. The quantitative estimate of drug-likeness (QED) is 0.570. The third kappa shape index (κ3) is 4.91. The van der Waals surface area contributed by atoms with Crippen molar-refractivity contribution in [1.82, 2.24) is 24.4 Å². The van der Waals surface area contributed by atoms with Gasteiger partial charge in [-0.25, -0.2) is 18.1 Å². The summed E-state index contributed by atoms with van der Waals surface area (Å²) in [7, 11) is -2.36. The van der Waals surface area contributed by atoms with E-state index in [-0.39, 0.29) is 28.2 Å². The van der Waals surface area contributed by atoms with Crippen molar-refractivity contribution in [3.05, 3.63) is 66.2 Å². The van der Waals surface area contributed by atoms with Gasteiger partial charge in [-0.1, -0.05) is 18.6 Å². The predicted molar refractivity (Wildman–Crippen MR) is 123 cm³/mol. The highest BCUT2D eigenvalue weighted by molar-refractivity contribution is 7.89. The van der Waals surface area contributed by atoms with Crippen LogP contribution in [-0.2, 0) is 16.6 Å². The van der Waals surface area contributed by atoms with Crippen LogP contribution in [0.4, 0.5) is 0 Å². The van der Waals surface area contributed by atoms with Crippen LogP contribution >= 0.6 is 0 Å². The Balaban J connectivity index is 1.50. The van der Waals surface area contributed by atoms with Crippen LogP contribution in [0.1, 0.15) is 42.1 Å². The second-order valence-electron chi connectivity index (χ2n) is 8.02. The van der Waals surface area contributed by atoms with Crippen LogP contribution in [0.5, 0.6) is 5.75 Å². The number of nitrogens with zero attached hydrogens (tertiary/aromatic N) is 4. The van der Waals surface area contributed by atoms with E-state index in [1.165, 1.54) is 29.9 Å². The standard InChI is InChI=1S/C23H27N5O4S/c1-17-5-3-4-12-28(17)33(30,31)22-13-19(8-11-21(22)32-2)23(29)25-14-18-6-9-20(10-7-18)27-16-24-15-26-27/h6-11,13,15-17H,3-5,12,14H2,1-2H3,(H,25,29). The number of benzene rings is 2. The second-order valence-corrected chi connectivity index (χ2v) is 9.87. The lowest BCUT2D eigenvalue weighted by atomic mass is 10.1. The molecule has 2 aromatic carbocycles. The summed E-state index contributed by atoms with van der Waals surface area (Å²) in [6.07, 6.45) is 5.71.